The first-order valence-corrected chi connectivity index (χ1v) is 6.35. The van der Waals surface area contributed by atoms with E-state index in [0.29, 0.717) is 0 Å². The van der Waals surface area contributed by atoms with Crippen LogP contribution in [0, 0.1) is 0 Å². The number of alkyl halides is 5. The summed E-state index contributed by atoms with van der Waals surface area (Å²) in [6, 6.07) is -0.931. The van der Waals surface area contributed by atoms with Crippen molar-refractivity contribution in [3.05, 3.63) is 0 Å². The van der Waals surface area contributed by atoms with E-state index in [1.807, 2.05) is 0 Å². The Morgan fingerprint density at radius 2 is 1.68 bits per heavy atom. The summed E-state index contributed by atoms with van der Waals surface area (Å²) in [5.74, 6) is -3.34. The molecule has 0 spiro atoms. The first-order chi connectivity index (χ1) is 9.16. The van der Waals surface area contributed by atoms with Crippen molar-refractivity contribution in [2.75, 3.05) is 39.3 Å². The zero-order valence-corrected chi connectivity index (χ0v) is 13.2. The van der Waals surface area contributed by atoms with Gasteiger partial charge in [0.25, 0.3) is 5.92 Å². The van der Waals surface area contributed by atoms with Gasteiger partial charge in [0.15, 0.2) is 0 Å². The molecule has 4 nitrogen and oxygen atoms in total. The van der Waals surface area contributed by atoms with E-state index in [1.54, 1.807) is 0 Å². The SMILES string of the molecule is Cl.Cl.O=C(C1CC(F)(F)CN1)N1CCN(CC(F)(F)F)CC1. The molecule has 1 unspecified atom stereocenters. The van der Waals surface area contributed by atoms with Gasteiger partial charge in [0.1, 0.15) is 0 Å². The van der Waals surface area contributed by atoms with Gasteiger partial charge in [-0.1, -0.05) is 0 Å². The second-order valence-corrected chi connectivity index (χ2v) is 5.21. The highest BCUT2D eigenvalue weighted by molar-refractivity contribution is 5.85. The third-order valence-electron chi connectivity index (χ3n) is 3.49. The summed E-state index contributed by atoms with van der Waals surface area (Å²) in [6.07, 6.45) is -4.81. The highest BCUT2D eigenvalue weighted by atomic mass is 35.5. The first-order valence-electron chi connectivity index (χ1n) is 6.35. The predicted octanol–water partition coefficient (Wildman–Crippen LogP) is 1.53. The molecule has 11 heteroatoms. The zero-order chi connectivity index (χ0) is 15.0. The number of carbonyl (C=O) groups excluding carboxylic acids is 1. The van der Waals surface area contributed by atoms with Crippen LogP contribution in [0.15, 0.2) is 0 Å². The summed E-state index contributed by atoms with van der Waals surface area (Å²) in [4.78, 5) is 14.5. The lowest BCUT2D eigenvalue weighted by Crippen LogP contribution is -2.54. The molecule has 0 bridgehead atoms. The third kappa shape index (κ3) is 6.02. The first kappa shape index (κ1) is 21.6. The van der Waals surface area contributed by atoms with E-state index in [-0.39, 0.29) is 51.0 Å². The zero-order valence-electron chi connectivity index (χ0n) is 11.5. The van der Waals surface area contributed by atoms with E-state index >= 15 is 0 Å². The van der Waals surface area contributed by atoms with Crippen molar-refractivity contribution in [2.45, 2.75) is 24.6 Å². The topological polar surface area (TPSA) is 35.6 Å². The van der Waals surface area contributed by atoms with Crippen LogP contribution in [-0.4, -0.2) is 73.1 Å². The van der Waals surface area contributed by atoms with Crippen LogP contribution >= 0.6 is 24.8 Å². The molecule has 0 aromatic heterocycles. The average molecular weight is 374 g/mol. The molecule has 2 aliphatic rings. The molecule has 1 amide bonds. The molecule has 2 fully saturated rings. The molecule has 2 heterocycles. The minimum Gasteiger partial charge on any atom is -0.339 e. The number of halogens is 7. The molecule has 2 saturated heterocycles. The maximum Gasteiger partial charge on any atom is 0.401 e. The highest BCUT2D eigenvalue weighted by Gasteiger charge is 2.44. The van der Waals surface area contributed by atoms with E-state index in [0.717, 1.165) is 0 Å². The van der Waals surface area contributed by atoms with Gasteiger partial charge in [0, 0.05) is 32.6 Å². The molecule has 0 aromatic rings. The number of hydrogen-bond acceptors (Lipinski definition) is 3. The Morgan fingerprint density at radius 1 is 1.14 bits per heavy atom. The van der Waals surface area contributed by atoms with Gasteiger partial charge in [0.05, 0.1) is 19.1 Å². The van der Waals surface area contributed by atoms with Crippen LogP contribution in [-0.2, 0) is 4.79 Å². The molecule has 0 saturated carbocycles. The van der Waals surface area contributed by atoms with Crippen LogP contribution in [0.25, 0.3) is 0 Å². The standard InChI is InChI=1S/C11H16F5N3O.2ClH/c12-10(13)5-8(17-6-10)9(20)19-3-1-18(2-4-19)7-11(14,15)16;;/h8,17H,1-7H2;2*1H. The molecular weight excluding hydrogens is 356 g/mol. The fourth-order valence-corrected chi connectivity index (χ4v) is 2.49. The van der Waals surface area contributed by atoms with Crippen molar-refractivity contribution < 1.29 is 26.7 Å². The second kappa shape index (κ2) is 7.94. The van der Waals surface area contributed by atoms with Crippen molar-refractivity contribution in [3.8, 4) is 0 Å². The Balaban J connectivity index is 0.00000220. The summed E-state index contributed by atoms with van der Waals surface area (Å²) >= 11 is 0. The molecule has 22 heavy (non-hydrogen) atoms. The lowest BCUT2D eigenvalue weighted by molar-refractivity contribution is -0.152. The fourth-order valence-electron chi connectivity index (χ4n) is 2.49. The largest absolute Gasteiger partial charge is 0.401 e. The summed E-state index contributed by atoms with van der Waals surface area (Å²) in [7, 11) is 0. The van der Waals surface area contributed by atoms with Crippen molar-refractivity contribution >= 4 is 30.7 Å². The van der Waals surface area contributed by atoms with Gasteiger partial charge in [-0.15, -0.1) is 24.8 Å². The molecule has 1 atom stereocenters. The average Bonchev–Trinajstić information content (AvgIpc) is 2.68. The Kier molecular flexibility index (Phi) is 7.80. The molecule has 2 aliphatic heterocycles. The third-order valence-corrected chi connectivity index (χ3v) is 3.49. The van der Waals surface area contributed by atoms with Crippen LogP contribution in [0.5, 0.6) is 0 Å². The van der Waals surface area contributed by atoms with Crippen molar-refractivity contribution in [1.29, 1.82) is 0 Å². The van der Waals surface area contributed by atoms with Gasteiger partial charge in [-0.3, -0.25) is 15.0 Å². The second-order valence-electron chi connectivity index (χ2n) is 5.21. The predicted molar refractivity (Wildman–Crippen MR) is 74.9 cm³/mol. The maximum absolute atomic E-state index is 13.0. The number of carbonyl (C=O) groups is 1. The molecule has 0 aliphatic carbocycles. The molecule has 1 N–H and O–H groups in total. The number of nitrogens with zero attached hydrogens (tertiary/aromatic N) is 2. The molecule has 2 rings (SSSR count). The monoisotopic (exact) mass is 373 g/mol. The smallest absolute Gasteiger partial charge is 0.339 e. The van der Waals surface area contributed by atoms with E-state index in [9.17, 15) is 26.7 Å². The normalized spacial score (nSPS) is 25.3. The molecule has 132 valence electrons. The van der Waals surface area contributed by atoms with Crippen LogP contribution in [0.2, 0.25) is 0 Å². The van der Waals surface area contributed by atoms with Gasteiger partial charge in [-0.05, 0) is 0 Å². The summed E-state index contributed by atoms with van der Waals surface area (Å²) < 4.78 is 62.6. The number of hydrogen-bond donors (Lipinski definition) is 1. The Bertz CT molecular complexity index is 375. The van der Waals surface area contributed by atoms with Crippen LogP contribution in [0.3, 0.4) is 0 Å². The van der Waals surface area contributed by atoms with Crippen molar-refractivity contribution in [3.63, 3.8) is 0 Å². The van der Waals surface area contributed by atoms with E-state index in [4.69, 9.17) is 0 Å². The minimum absolute atomic E-state index is 0. The van der Waals surface area contributed by atoms with Gasteiger partial charge < -0.3 is 4.90 Å². The Morgan fingerprint density at radius 3 is 2.09 bits per heavy atom. The van der Waals surface area contributed by atoms with E-state index in [2.05, 4.69) is 5.32 Å². The molecule has 0 radical (unpaired) electrons. The van der Waals surface area contributed by atoms with Gasteiger partial charge >= 0.3 is 6.18 Å². The van der Waals surface area contributed by atoms with Crippen LogP contribution < -0.4 is 5.32 Å². The number of rotatable bonds is 2. The Labute approximate surface area is 137 Å². The molecule has 0 aromatic carbocycles. The summed E-state index contributed by atoms with van der Waals surface area (Å²) in [5, 5.41) is 2.46. The lowest BCUT2D eigenvalue weighted by Gasteiger charge is -2.36. The van der Waals surface area contributed by atoms with Crippen LogP contribution in [0.1, 0.15) is 6.42 Å². The highest BCUT2D eigenvalue weighted by Crippen LogP contribution is 2.26. The van der Waals surface area contributed by atoms with Crippen molar-refractivity contribution in [2.24, 2.45) is 0 Å². The van der Waals surface area contributed by atoms with Gasteiger partial charge in [-0.2, -0.15) is 13.2 Å². The number of piperazine rings is 1. The van der Waals surface area contributed by atoms with Crippen LogP contribution in [0.4, 0.5) is 22.0 Å². The molecular formula is C11H18Cl2F5N3O. The van der Waals surface area contributed by atoms with Gasteiger partial charge in [-0.25, -0.2) is 8.78 Å². The Hall–Kier alpha value is -0.380. The summed E-state index contributed by atoms with van der Waals surface area (Å²) in [5.41, 5.74) is 0. The van der Waals surface area contributed by atoms with E-state index in [1.165, 1.54) is 9.80 Å². The summed E-state index contributed by atoms with van der Waals surface area (Å²) in [6.45, 7) is -1.05. The quantitative estimate of drug-likeness (QED) is 0.745. The number of nitrogens with one attached hydrogen (secondary N) is 1. The lowest BCUT2D eigenvalue weighted by atomic mass is 10.1. The minimum atomic E-state index is -4.26. The maximum atomic E-state index is 13.0. The fraction of sp³-hybridized carbons (Fsp3) is 0.909. The van der Waals surface area contributed by atoms with Crippen molar-refractivity contribution in [1.82, 2.24) is 15.1 Å². The van der Waals surface area contributed by atoms with E-state index < -0.39 is 43.6 Å². The van der Waals surface area contributed by atoms with Gasteiger partial charge in [0.2, 0.25) is 5.91 Å². The number of amides is 1.